The molecule has 0 unspecified atom stereocenters. The van der Waals surface area contributed by atoms with Gasteiger partial charge in [-0.25, -0.2) is 14.5 Å². The number of halogens is 1. The van der Waals surface area contributed by atoms with Crippen LogP contribution in [0.1, 0.15) is 35.5 Å². The highest BCUT2D eigenvalue weighted by atomic mass is 35.5. The van der Waals surface area contributed by atoms with Crippen molar-refractivity contribution in [3.8, 4) is 28.7 Å². The number of aromatic nitrogens is 6. The fourth-order valence-corrected chi connectivity index (χ4v) is 4.91. The van der Waals surface area contributed by atoms with Gasteiger partial charge in [0.1, 0.15) is 12.2 Å². The minimum atomic E-state index is 0. The molecule has 1 aromatic carbocycles. The van der Waals surface area contributed by atoms with Gasteiger partial charge in [-0.2, -0.15) is 10.4 Å². The Kier molecular flexibility index (Phi) is 7.36. The maximum atomic E-state index is 9.74. The summed E-state index contributed by atoms with van der Waals surface area (Å²) in [5, 5.41) is 17.6. The molecule has 0 atom stereocenters. The zero-order valence-corrected chi connectivity index (χ0v) is 21.9. The lowest BCUT2D eigenvalue weighted by Gasteiger charge is -2.19. The molecule has 0 aliphatic carbocycles. The van der Waals surface area contributed by atoms with Gasteiger partial charge in [-0.1, -0.05) is 12.1 Å². The van der Waals surface area contributed by atoms with Gasteiger partial charge in [-0.15, -0.1) is 12.4 Å². The summed E-state index contributed by atoms with van der Waals surface area (Å²) in [6, 6.07) is 18.1. The molecule has 0 bridgehead atoms. The lowest BCUT2D eigenvalue weighted by molar-refractivity contribution is 0.331. The van der Waals surface area contributed by atoms with E-state index in [0.717, 1.165) is 70.7 Å². The summed E-state index contributed by atoms with van der Waals surface area (Å²) in [4.78, 5) is 19.9. The quantitative estimate of drug-likeness (QED) is 0.308. The van der Waals surface area contributed by atoms with Crippen molar-refractivity contribution in [3.05, 3.63) is 83.7 Å². The van der Waals surface area contributed by atoms with Crippen LogP contribution in [-0.4, -0.2) is 47.5 Å². The van der Waals surface area contributed by atoms with Gasteiger partial charge in [-0.05, 0) is 69.3 Å². The molecule has 1 fully saturated rings. The van der Waals surface area contributed by atoms with E-state index in [0.29, 0.717) is 12.1 Å². The molecule has 4 aromatic heterocycles. The van der Waals surface area contributed by atoms with E-state index in [4.69, 9.17) is 9.97 Å². The van der Waals surface area contributed by atoms with Crippen molar-refractivity contribution in [1.29, 1.82) is 5.26 Å². The van der Waals surface area contributed by atoms with E-state index < -0.39 is 0 Å². The zero-order chi connectivity index (χ0) is 25.2. The Morgan fingerprint density at radius 2 is 1.89 bits per heavy atom. The first-order valence-electron chi connectivity index (χ1n) is 12.5. The molecule has 1 aliphatic rings. The highest BCUT2D eigenvalue weighted by molar-refractivity contribution is 5.85. The molecule has 2 N–H and O–H groups in total. The van der Waals surface area contributed by atoms with Gasteiger partial charge in [-0.3, -0.25) is 9.88 Å². The van der Waals surface area contributed by atoms with Crippen molar-refractivity contribution in [2.24, 2.45) is 0 Å². The predicted molar refractivity (Wildman–Crippen MR) is 149 cm³/mol. The molecule has 0 spiro atoms. The van der Waals surface area contributed by atoms with Crippen LogP contribution in [0.3, 0.4) is 0 Å². The molecular formula is C28H28ClN9. The van der Waals surface area contributed by atoms with E-state index in [-0.39, 0.29) is 12.4 Å². The van der Waals surface area contributed by atoms with E-state index in [1.54, 1.807) is 4.52 Å². The van der Waals surface area contributed by atoms with Crippen molar-refractivity contribution in [1.82, 2.24) is 34.4 Å². The summed E-state index contributed by atoms with van der Waals surface area (Å²) in [5.41, 5.74) is 7.82. The molecule has 1 saturated heterocycles. The smallest absolute Gasteiger partial charge is 0.155 e. The van der Waals surface area contributed by atoms with Crippen LogP contribution >= 0.6 is 12.4 Å². The van der Waals surface area contributed by atoms with Crippen molar-refractivity contribution < 1.29 is 0 Å². The molecule has 0 radical (unpaired) electrons. The Bertz CT molecular complexity index is 1610. The number of pyridine rings is 2. The van der Waals surface area contributed by atoms with Crippen LogP contribution in [0.5, 0.6) is 0 Å². The Morgan fingerprint density at radius 1 is 1.05 bits per heavy atom. The Balaban J connectivity index is 0.00000294. The Hall–Kier alpha value is -4.26. The molecule has 5 heterocycles. The average molecular weight is 526 g/mol. The van der Waals surface area contributed by atoms with E-state index in [9.17, 15) is 5.26 Å². The minimum Gasteiger partial charge on any atom is -0.378 e. The molecule has 5 aromatic rings. The van der Waals surface area contributed by atoms with Crippen molar-refractivity contribution in [2.45, 2.75) is 32.9 Å². The number of nitriles is 1. The third kappa shape index (κ3) is 5.09. The molecule has 6 rings (SSSR count). The van der Waals surface area contributed by atoms with E-state index in [1.807, 2.05) is 61.7 Å². The van der Waals surface area contributed by atoms with Crippen LogP contribution in [-0.2, 0) is 13.1 Å². The van der Waals surface area contributed by atoms with E-state index in [1.165, 1.54) is 19.2 Å². The number of benzene rings is 1. The summed E-state index contributed by atoms with van der Waals surface area (Å²) < 4.78 is 1.74. The lowest BCUT2D eigenvalue weighted by atomic mass is 10.1. The van der Waals surface area contributed by atoms with E-state index in [2.05, 4.69) is 31.4 Å². The number of anilines is 1. The molecule has 192 valence electrons. The minimum absolute atomic E-state index is 0. The van der Waals surface area contributed by atoms with Crippen molar-refractivity contribution >= 4 is 23.7 Å². The molecule has 10 heteroatoms. The number of hydrogen-bond acceptors (Lipinski definition) is 7. The van der Waals surface area contributed by atoms with Gasteiger partial charge in [0.05, 0.1) is 35.3 Å². The summed E-state index contributed by atoms with van der Waals surface area (Å²) in [6.45, 7) is 5.37. The third-order valence-corrected chi connectivity index (χ3v) is 6.77. The number of nitrogens with one attached hydrogen (secondary N) is 2. The molecular weight excluding hydrogens is 498 g/mol. The summed E-state index contributed by atoms with van der Waals surface area (Å²) in [7, 11) is 0. The number of imidazole rings is 1. The standard InChI is InChI=1S/C28H27N9.ClH/c1-19-6-4-9-24(33-19)28-27(21-10-11-26-31-18-32-37(26)16-21)34-25(35-28)15-30-23-8-5-7-20(14-29)22(23)17-36-12-2-3-13-36;/h4-11,16,18,30H,2-3,12-13,15,17H2,1H3,(H,34,35);1H. The van der Waals surface area contributed by atoms with Crippen LogP contribution in [0.25, 0.3) is 28.3 Å². The normalized spacial score (nSPS) is 13.4. The third-order valence-electron chi connectivity index (χ3n) is 6.77. The van der Waals surface area contributed by atoms with Gasteiger partial charge in [0, 0.05) is 35.2 Å². The maximum Gasteiger partial charge on any atom is 0.155 e. The van der Waals surface area contributed by atoms with Gasteiger partial charge in [0.2, 0.25) is 0 Å². The van der Waals surface area contributed by atoms with Gasteiger partial charge in [0.25, 0.3) is 0 Å². The van der Waals surface area contributed by atoms with E-state index >= 15 is 0 Å². The lowest BCUT2D eigenvalue weighted by Crippen LogP contribution is -2.20. The largest absolute Gasteiger partial charge is 0.378 e. The fourth-order valence-electron chi connectivity index (χ4n) is 4.91. The Labute approximate surface area is 227 Å². The highest BCUT2D eigenvalue weighted by Crippen LogP contribution is 2.30. The van der Waals surface area contributed by atoms with Crippen molar-refractivity contribution in [2.75, 3.05) is 18.4 Å². The monoisotopic (exact) mass is 525 g/mol. The van der Waals surface area contributed by atoms with Gasteiger partial charge >= 0.3 is 0 Å². The summed E-state index contributed by atoms with van der Waals surface area (Å²) in [5.74, 6) is 0.779. The van der Waals surface area contributed by atoms with Gasteiger partial charge in [0.15, 0.2) is 5.65 Å². The summed E-state index contributed by atoms with van der Waals surface area (Å²) in [6.07, 6.45) is 5.89. The number of H-pyrrole nitrogens is 1. The van der Waals surface area contributed by atoms with Crippen LogP contribution in [0.2, 0.25) is 0 Å². The second-order valence-electron chi connectivity index (χ2n) is 9.33. The number of hydrogen-bond donors (Lipinski definition) is 2. The first-order valence-corrected chi connectivity index (χ1v) is 12.5. The molecule has 1 aliphatic heterocycles. The van der Waals surface area contributed by atoms with Crippen LogP contribution < -0.4 is 5.32 Å². The SMILES string of the molecule is Cc1cccc(-c2[nH]c(CNc3cccc(C#N)c3CN3CCCC3)nc2-c2ccc3ncnn3c2)n1.Cl. The van der Waals surface area contributed by atoms with Crippen LogP contribution in [0, 0.1) is 18.3 Å². The first kappa shape index (κ1) is 25.4. The molecule has 38 heavy (non-hydrogen) atoms. The maximum absolute atomic E-state index is 9.74. The highest BCUT2D eigenvalue weighted by Gasteiger charge is 2.19. The number of fused-ring (bicyclic) bond motifs is 1. The Morgan fingerprint density at radius 3 is 2.71 bits per heavy atom. The van der Waals surface area contributed by atoms with Crippen LogP contribution in [0.4, 0.5) is 5.69 Å². The number of rotatable bonds is 7. The molecule has 0 saturated carbocycles. The van der Waals surface area contributed by atoms with Gasteiger partial charge < -0.3 is 10.3 Å². The average Bonchev–Trinajstić information content (AvgIpc) is 3.68. The second kappa shape index (κ2) is 11.0. The number of nitrogens with zero attached hydrogens (tertiary/aromatic N) is 7. The van der Waals surface area contributed by atoms with Crippen LogP contribution in [0.15, 0.2) is 61.1 Å². The topological polar surface area (TPSA) is 111 Å². The van der Waals surface area contributed by atoms with Crippen molar-refractivity contribution in [3.63, 3.8) is 0 Å². The zero-order valence-electron chi connectivity index (χ0n) is 21.1. The second-order valence-corrected chi connectivity index (χ2v) is 9.33. The number of aryl methyl sites for hydroxylation is 1. The number of aromatic amines is 1. The first-order chi connectivity index (χ1) is 18.2. The summed E-state index contributed by atoms with van der Waals surface area (Å²) >= 11 is 0. The molecule has 9 nitrogen and oxygen atoms in total. The number of likely N-dealkylation sites (tertiary alicyclic amines) is 1. The fraction of sp³-hybridized carbons (Fsp3) is 0.250. The predicted octanol–water partition coefficient (Wildman–Crippen LogP) is 4.99. The molecule has 0 amide bonds.